The molecule has 1 unspecified atom stereocenters. The van der Waals surface area contributed by atoms with E-state index >= 15 is 0 Å². The first-order valence-electron chi connectivity index (χ1n) is 14.9. The zero-order chi connectivity index (χ0) is 30.6. The molecule has 8 nitrogen and oxygen atoms in total. The van der Waals surface area contributed by atoms with Crippen molar-refractivity contribution in [1.82, 2.24) is 9.47 Å². The monoisotopic (exact) mass is 576 g/mol. The van der Waals surface area contributed by atoms with Crippen molar-refractivity contribution in [2.24, 2.45) is 5.92 Å². The third kappa shape index (κ3) is 7.15. The minimum Gasteiger partial charge on any atom is -0.496 e. The van der Waals surface area contributed by atoms with E-state index in [9.17, 15) is 14.4 Å². The van der Waals surface area contributed by atoms with Crippen molar-refractivity contribution in [1.29, 1.82) is 0 Å². The number of amides is 1. The summed E-state index contributed by atoms with van der Waals surface area (Å²) in [7, 11) is 3.47. The maximum atomic E-state index is 13.5. The molecule has 0 spiro atoms. The van der Waals surface area contributed by atoms with E-state index in [1.54, 1.807) is 26.2 Å². The van der Waals surface area contributed by atoms with Gasteiger partial charge < -0.3 is 23.7 Å². The van der Waals surface area contributed by atoms with Crippen LogP contribution >= 0.6 is 0 Å². The normalized spacial score (nSPS) is 14.5. The van der Waals surface area contributed by atoms with Gasteiger partial charge in [0, 0.05) is 41.3 Å². The molecule has 1 aliphatic rings. The Bertz CT molecular complexity index is 1440. The topological polar surface area (TPSA) is 87.1 Å². The molecule has 0 saturated heterocycles. The van der Waals surface area contributed by atoms with Crippen LogP contribution in [0.2, 0.25) is 0 Å². The number of rotatable bonds is 10. The summed E-state index contributed by atoms with van der Waals surface area (Å²) in [4.78, 5) is 40.5. The van der Waals surface area contributed by atoms with Crippen LogP contribution in [0.15, 0.2) is 42.6 Å². The number of ether oxygens (including phenoxy) is 3. The number of hydrogen-bond donors (Lipinski definition) is 0. The molecule has 1 aromatic heterocycles. The maximum absolute atomic E-state index is 13.5. The lowest BCUT2D eigenvalue weighted by molar-refractivity contribution is -0.147. The van der Waals surface area contributed by atoms with Gasteiger partial charge in [-0.15, -0.1) is 0 Å². The Morgan fingerprint density at radius 1 is 1.02 bits per heavy atom. The molecule has 42 heavy (non-hydrogen) atoms. The third-order valence-corrected chi connectivity index (χ3v) is 7.88. The lowest BCUT2D eigenvalue weighted by Crippen LogP contribution is -2.35. The molecule has 1 fully saturated rings. The molecule has 4 rings (SSSR count). The molecule has 0 aliphatic heterocycles. The van der Waals surface area contributed by atoms with Crippen LogP contribution in [0.4, 0.5) is 0 Å². The van der Waals surface area contributed by atoms with E-state index in [-0.39, 0.29) is 23.8 Å². The minimum absolute atomic E-state index is 0.0114. The highest BCUT2D eigenvalue weighted by Gasteiger charge is 2.26. The zero-order valence-corrected chi connectivity index (χ0v) is 26.0. The van der Waals surface area contributed by atoms with Gasteiger partial charge in [-0.2, -0.15) is 0 Å². The van der Waals surface area contributed by atoms with Crippen molar-refractivity contribution in [2.45, 2.75) is 84.9 Å². The van der Waals surface area contributed by atoms with Gasteiger partial charge in [-0.05, 0) is 76.8 Å². The van der Waals surface area contributed by atoms with Gasteiger partial charge in [-0.25, -0.2) is 4.79 Å². The summed E-state index contributed by atoms with van der Waals surface area (Å²) in [5, 5.41) is 0.982. The van der Waals surface area contributed by atoms with Gasteiger partial charge in [-0.1, -0.05) is 31.9 Å². The second kappa shape index (κ2) is 13.0. The minimum atomic E-state index is -0.606. The van der Waals surface area contributed by atoms with Gasteiger partial charge in [-0.3, -0.25) is 9.59 Å². The molecular formula is C34H44N2O6. The molecule has 0 N–H and O–H groups in total. The molecule has 1 atom stereocenters. The van der Waals surface area contributed by atoms with Crippen LogP contribution in [0.5, 0.6) is 5.75 Å². The van der Waals surface area contributed by atoms with E-state index < -0.39 is 11.6 Å². The summed E-state index contributed by atoms with van der Waals surface area (Å²) in [6.07, 6.45) is 6.93. The lowest BCUT2D eigenvalue weighted by atomic mass is 10.00. The number of benzene rings is 2. The van der Waals surface area contributed by atoms with Crippen molar-refractivity contribution in [3.63, 3.8) is 0 Å². The van der Waals surface area contributed by atoms with Crippen LogP contribution in [0.25, 0.3) is 10.9 Å². The third-order valence-electron chi connectivity index (χ3n) is 7.88. The first-order chi connectivity index (χ1) is 19.9. The quantitative estimate of drug-likeness (QED) is 0.259. The van der Waals surface area contributed by atoms with Crippen molar-refractivity contribution in [3.05, 3.63) is 64.8 Å². The Labute approximate surface area is 248 Å². The molecule has 1 amide bonds. The van der Waals surface area contributed by atoms with Gasteiger partial charge in [0.05, 0.1) is 31.7 Å². The second-order valence-corrected chi connectivity index (χ2v) is 12.3. The summed E-state index contributed by atoms with van der Waals surface area (Å²) < 4.78 is 18.6. The summed E-state index contributed by atoms with van der Waals surface area (Å²) >= 11 is 0. The van der Waals surface area contributed by atoms with Crippen molar-refractivity contribution in [3.8, 4) is 5.75 Å². The van der Waals surface area contributed by atoms with Crippen molar-refractivity contribution < 1.29 is 28.6 Å². The Hall–Kier alpha value is -3.81. The Morgan fingerprint density at radius 2 is 1.71 bits per heavy atom. The summed E-state index contributed by atoms with van der Waals surface area (Å²) in [6.45, 7) is 9.95. The average molecular weight is 577 g/mol. The van der Waals surface area contributed by atoms with Crippen molar-refractivity contribution >= 4 is 28.7 Å². The fraction of sp³-hybridized carbons (Fsp3) is 0.500. The summed E-state index contributed by atoms with van der Waals surface area (Å²) in [6, 6.07) is 11.4. The van der Waals surface area contributed by atoms with E-state index in [0.717, 1.165) is 47.7 Å². The van der Waals surface area contributed by atoms with Crippen LogP contribution in [0.3, 0.4) is 0 Å². The Balaban J connectivity index is 1.71. The van der Waals surface area contributed by atoms with E-state index in [2.05, 4.69) is 4.57 Å². The molecular weight excluding hydrogens is 532 g/mol. The highest BCUT2D eigenvalue weighted by atomic mass is 16.6. The average Bonchev–Trinajstić information content (AvgIpc) is 3.60. The van der Waals surface area contributed by atoms with E-state index in [1.165, 1.54) is 0 Å². The molecule has 0 radical (unpaired) electrons. The smallest absolute Gasteiger partial charge is 0.338 e. The van der Waals surface area contributed by atoms with Crippen molar-refractivity contribution in [2.75, 3.05) is 20.8 Å². The first kappa shape index (κ1) is 31.1. The largest absolute Gasteiger partial charge is 0.496 e. The van der Waals surface area contributed by atoms with E-state index in [0.29, 0.717) is 36.4 Å². The molecule has 1 aliphatic carbocycles. The van der Waals surface area contributed by atoms with Gasteiger partial charge in [0.15, 0.2) is 0 Å². The molecule has 3 aromatic rings. The number of esters is 2. The number of hydrogen-bond acceptors (Lipinski definition) is 6. The van der Waals surface area contributed by atoms with Crippen LogP contribution in [-0.2, 0) is 27.2 Å². The molecule has 1 saturated carbocycles. The van der Waals surface area contributed by atoms with Crippen LogP contribution in [-0.4, -0.2) is 59.7 Å². The second-order valence-electron chi connectivity index (χ2n) is 12.3. The van der Waals surface area contributed by atoms with Gasteiger partial charge >= 0.3 is 11.9 Å². The number of aromatic nitrogens is 1. The van der Waals surface area contributed by atoms with Gasteiger partial charge in [0.25, 0.3) is 5.91 Å². The number of methoxy groups -OCH3 is 1. The SMILES string of the molecule is CCOC(=O)C(C)Cc1cn(Cc2ccc(C(=O)OC(C)(C)C)cc2OC)c2cc(C(=O)N(C)C3CCCC3)ccc12. The highest BCUT2D eigenvalue weighted by Crippen LogP contribution is 2.30. The number of fused-ring (bicyclic) bond motifs is 1. The van der Waals surface area contributed by atoms with Crippen LogP contribution in [0, 0.1) is 5.92 Å². The Morgan fingerprint density at radius 3 is 2.36 bits per heavy atom. The number of nitrogens with zero attached hydrogens (tertiary/aromatic N) is 2. The molecule has 0 bridgehead atoms. The number of carbonyl (C=O) groups excluding carboxylic acids is 3. The molecule has 2 aromatic carbocycles. The highest BCUT2D eigenvalue weighted by molar-refractivity contribution is 5.99. The molecule has 1 heterocycles. The number of carbonyl (C=O) groups is 3. The fourth-order valence-corrected chi connectivity index (χ4v) is 5.68. The zero-order valence-electron chi connectivity index (χ0n) is 26.0. The van der Waals surface area contributed by atoms with Gasteiger partial charge in [0.1, 0.15) is 11.4 Å². The van der Waals surface area contributed by atoms with Crippen LogP contribution < -0.4 is 4.74 Å². The summed E-state index contributed by atoms with van der Waals surface area (Å²) in [5.41, 5.74) is 3.20. The van der Waals surface area contributed by atoms with Gasteiger partial charge in [0.2, 0.25) is 0 Å². The summed E-state index contributed by atoms with van der Waals surface area (Å²) in [5.74, 6) is -0.389. The predicted octanol–water partition coefficient (Wildman–Crippen LogP) is 6.41. The standard InChI is InChI=1S/C34H44N2O6/c1-8-41-32(38)22(2)17-26-21-36(20-25-14-13-24(19-30(25)40-7)33(39)42-34(3,4)5)29-18-23(15-16-28(26)29)31(37)35(6)27-11-9-10-12-27/h13-16,18-19,21-22,27H,8-12,17,20H2,1-7H3. The molecule has 226 valence electrons. The molecule has 8 heteroatoms. The fourth-order valence-electron chi connectivity index (χ4n) is 5.68. The van der Waals surface area contributed by atoms with Crippen LogP contribution in [0.1, 0.15) is 92.1 Å². The van der Waals surface area contributed by atoms with E-state index in [4.69, 9.17) is 14.2 Å². The van der Waals surface area contributed by atoms with E-state index in [1.807, 2.05) is 70.1 Å². The Kier molecular flexibility index (Phi) is 9.64. The maximum Gasteiger partial charge on any atom is 0.338 e. The predicted molar refractivity (Wildman–Crippen MR) is 163 cm³/mol. The lowest BCUT2D eigenvalue weighted by Gasteiger charge is -2.24. The first-order valence-corrected chi connectivity index (χ1v) is 14.9.